The standard InChI is InChI=1S/C13H17N4O9P/c1-6-11(16-13(22)23)12(21)17(6)27(24,25)26-5-10(20)15-3-7-2-8(18)9(19)4-14-7/h2,4,6,11,16,19H,3,5H2,1H3,(H,14,18)(H,15,20)(H,22,23)(H,24,25)/t6-,11?/m0/s1. The van der Waals surface area contributed by atoms with Crippen LogP contribution in [0.4, 0.5) is 4.79 Å². The Labute approximate surface area is 151 Å². The molecule has 148 valence electrons. The molecule has 0 bridgehead atoms. The molecular formula is C13H17N4O9P. The highest BCUT2D eigenvalue weighted by Gasteiger charge is 2.54. The molecule has 0 aromatic carbocycles. The summed E-state index contributed by atoms with van der Waals surface area (Å²) in [6.07, 6.45) is -0.416. The third kappa shape index (κ3) is 4.64. The van der Waals surface area contributed by atoms with Crippen molar-refractivity contribution in [3.63, 3.8) is 0 Å². The molecule has 0 spiro atoms. The topological polar surface area (TPSA) is 198 Å². The van der Waals surface area contributed by atoms with Crippen molar-refractivity contribution in [2.45, 2.75) is 25.6 Å². The lowest BCUT2D eigenvalue weighted by molar-refractivity contribution is -0.143. The summed E-state index contributed by atoms with van der Waals surface area (Å²) in [6, 6.07) is -1.05. The lowest BCUT2D eigenvalue weighted by Crippen LogP contribution is -2.68. The van der Waals surface area contributed by atoms with Gasteiger partial charge in [-0.1, -0.05) is 0 Å². The van der Waals surface area contributed by atoms with E-state index in [1.807, 2.05) is 5.32 Å². The maximum absolute atomic E-state index is 12.1. The first-order valence-electron chi connectivity index (χ1n) is 7.50. The molecule has 2 heterocycles. The van der Waals surface area contributed by atoms with Gasteiger partial charge in [0, 0.05) is 18.0 Å². The lowest BCUT2D eigenvalue weighted by Gasteiger charge is -2.45. The maximum atomic E-state index is 12.1. The first-order valence-corrected chi connectivity index (χ1v) is 9.03. The highest BCUT2D eigenvalue weighted by atomic mass is 31.2. The van der Waals surface area contributed by atoms with Crippen LogP contribution in [-0.2, 0) is 25.2 Å². The van der Waals surface area contributed by atoms with Crippen LogP contribution in [0.5, 0.6) is 5.75 Å². The van der Waals surface area contributed by atoms with Crippen LogP contribution in [-0.4, -0.2) is 61.4 Å². The third-order valence-electron chi connectivity index (χ3n) is 3.70. The predicted molar refractivity (Wildman–Crippen MR) is 87.6 cm³/mol. The van der Waals surface area contributed by atoms with Crippen LogP contribution >= 0.6 is 7.75 Å². The summed E-state index contributed by atoms with van der Waals surface area (Å²) in [5.74, 6) is -2.24. The van der Waals surface area contributed by atoms with E-state index in [4.69, 9.17) is 10.2 Å². The quantitative estimate of drug-likeness (QED) is 0.236. The number of carboxylic acid groups (broad SMARTS) is 1. The molecule has 3 amide bonds. The molecule has 1 aromatic heterocycles. The number of aromatic nitrogens is 1. The number of rotatable bonds is 7. The third-order valence-corrected chi connectivity index (χ3v) is 5.27. The van der Waals surface area contributed by atoms with Gasteiger partial charge in [0.15, 0.2) is 5.75 Å². The van der Waals surface area contributed by atoms with E-state index < -0.39 is 55.5 Å². The molecule has 0 aliphatic carbocycles. The lowest BCUT2D eigenvalue weighted by atomic mass is 10.0. The monoisotopic (exact) mass is 404 g/mol. The first-order chi connectivity index (χ1) is 12.5. The highest BCUT2D eigenvalue weighted by molar-refractivity contribution is 7.51. The average molecular weight is 404 g/mol. The molecule has 1 aromatic rings. The molecule has 13 nitrogen and oxygen atoms in total. The number of pyridine rings is 1. The molecule has 14 heteroatoms. The number of nitrogens with zero attached hydrogens (tertiary/aromatic N) is 1. The number of hydrogen-bond donors (Lipinski definition) is 6. The molecule has 0 radical (unpaired) electrons. The van der Waals surface area contributed by atoms with Crippen LogP contribution in [0.2, 0.25) is 0 Å². The van der Waals surface area contributed by atoms with Crippen molar-refractivity contribution in [1.82, 2.24) is 20.3 Å². The Morgan fingerprint density at radius 2 is 2.07 bits per heavy atom. The number of carbonyl (C=O) groups is 3. The fraction of sp³-hybridized carbons (Fsp3) is 0.385. The number of H-pyrrole nitrogens is 1. The Morgan fingerprint density at radius 1 is 1.41 bits per heavy atom. The molecule has 1 aliphatic rings. The smallest absolute Gasteiger partial charge is 0.435 e. The van der Waals surface area contributed by atoms with E-state index in [1.54, 1.807) is 0 Å². The van der Waals surface area contributed by atoms with Crippen molar-refractivity contribution >= 4 is 25.7 Å². The summed E-state index contributed by atoms with van der Waals surface area (Å²) in [7, 11) is -4.65. The van der Waals surface area contributed by atoms with Crippen LogP contribution in [0.15, 0.2) is 17.1 Å². The number of nitrogens with one attached hydrogen (secondary N) is 3. The summed E-state index contributed by atoms with van der Waals surface area (Å²) in [5.41, 5.74) is -0.378. The van der Waals surface area contributed by atoms with Gasteiger partial charge in [-0.25, -0.2) is 14.0 Å². The summed E-state index contributed by atoms with van der Waals surface area (Å²) < 4.78 is 17.2. The van der Waals surface area contributed by atoms with Crippen LogP contribution in [0.25, 0.3) is 0 Å². The number of carbonyl (C=O) groups excluding carboxylic acids is 2. The van der Waals surface area contributed by atoms with Crippen molar-refractivity contribution < 1.29 is 38.6 Å². The Balaban J connectivity index is 1.85. The molecule has 2 unspecified atom stereocenters. The Morgan fingerprint density at radius 3 is 2.63 bits per heavy atom. The second-order valence-corrected chi connectivity index (χ2v) is 7.27. The van der Waals surface area contributed by atoms with E-state index in [1.165, 1.54) is 6.92 Å². The van der Waals surface area contributed by atoms with Crippen molar-refractivity contribution in [2.75, 3.05) is 6.61 Å². The van der Waals surface area contributed by atoms with Gasteiger partial charge in [0.05, 0.1) is 12.6 Å². The second kappa shape index (κ2) is 7.78. The average Bonchev–Trinajstić information content (AvgIpc) is 2.59. The number of aromatic hydroxyl groups is 1. The van der Waals surface area contributed by atoms with Crippen molar-refractivity contribution in [3.8, 4) is 5.75 Å². The van der Waals surface area contributed by atoms with Gasteiger partial charge >= 0.3 is 13.8 Å². The van der Waals surface area contributed by atoms with Gasteiger partial charge in [-0.15, -0.1) is 0 Å². The Kier molecular flexibility index (Phi) is 5.88. The van der Waals surface area contributed by atoms with Gasteiger partial charge in [0.1, 0.15) is 12.6 Å². The minimum Gasteiger partial charge on any atom is -0.503 e. The molecule has 1 aliphatic heterocycles. The largest absolute Gasteiger partial charge is 0.503 e. The summed E-state index contributed by atoms with van der Waals surface area (Å²) in [5, 5.41) is 21.9. The summed E-state index contributed by atoms with van der Waals surface area (Å²) >= 11 is 0. The van der Waals surface area contributed by atoms with Crippen LogP contribution < -0.4 is 16.1 Å². The van der Waals surface area contributed by atoms with Gasteiger partial charge < -0.3 is 30.7 Å². The van der Waals surface area contributed by atoms with Gasteiger partial charge in [0.2, 0.25) is 11.3 Å². The first kappa shape index (κ1) is 20.4. The van der Waals surface area contributed by atoms with Crippen LogP contribution in [0.3, 0.4) is 0 Å². The number of hydrogen-bond acceptors (Lipinski definition) is 7. The summed E-state index contributed by atoms with van der Waals surface area (Å²) in [6.45, 7) is 0.343. The summed E-state index contributed by atoms with van der Waals surface area (Å²) in [4.78, 5) is 57.7. The molecule has 6 N–H and O–H groups in total. The van der Waals surface area contributed by atoms with Gasteiger partial charge in [-0.2, -0.15) is 0 Å². The predicted octanol–water partition coefficient (Wildman–Crippen LogP) is -1.32. The molecule has 2 rings (SSSR count). The number of β-lactam (4-membered cyclic amide) rings is 1. The van der Waals surface area contributed by atoms with Crippen molar-refractivity contribution in [1.29, 1.82) is 0 Å². The van der Waals surface area contributed by atoms with Gasteiger partial charge in [0.25, 0.3) is 5.91 Å². The minimum absolute atomic E-state index is 0.142. The molecule has 1 saturated heterocycles. The van der Waals surface area contributed by atoms with E-state index in [0.29, 0.717) is 4.67 Å². The number of amides is 3. The zero-order valence-corrected chi connectivity index (χ0v) is 14.8. The fourth-order valence-corrected chi connectivity index (χ4v) is 3.71. The molecular weight excluding hydrogens is 387 g/mol. The second-order valence-electron chi connectivity index (χ2n) is 5.60. The van der Waals surface area contributed by atoms with Gasteiger partial charge in [-0.05, 0) is 6.92 Å². The van der Waals surface area contributed by atoms with Crippen LogP contribution in [0.1, 0.15) is 12.6 Å². The zero-order valence-electron chi connectivity index (χ0n) is 13.9. The Hall–Kier alpha value is -2.89. The van der Waals surface area contributed by atoms with E-state index in [9.17, 15) is 28.6 Å². The zero-order chi connectivity index (χ0) is 20.4. The SMILES string of the molecule is C[C@H]1C(NC(=O)O)C(=O)N1P(=O)(O)OCC(=O)NCc1cc(=O)c(O)c[nH]1. The normalized spacial score (nSPS) is 21.1. The van der Waals surface area contributed by atoms with E-state index in [0.717, 1.165) is 12.3 Å². The molecule has 1 fully saturated rings. The van der Waals surface area contributed by atoms with E-state index in [2.05, 4.69) is 14.8 Å². The Bertz CT molecular complexity index is 870. The molecule has 0 saturated carbocycles. The van der Waals surface area contributed by atoms with Crippen LogP contribution in [0, 0.1) is 0 Å². The molecule has 27 heavy (non-hydrogen) atoms. The minimum atomic E-state index is -4.65. The van der Waals surface area contributed by atoms with Crippen molar-refractivity contribution in [2.24, 2.45) is 0 Å². The number of aromatic amines is 1. The highest BCUT2D eigenvalue weighted by Crippen LogP contribution is 2.52. The van der Waals surface area contributed by atoms with Gasteiger partial charge in [-0.3, -0.25) is 18.9 Å². The van der Waals surface area contributed by atoms with E-state index >= 15 is 0 Å². The fourth-order valence-electron chi connectivity index (χ4n) is 2.34. The van der Waals surface area contributed by atoms with Crippen molar-refractivity contribution in [3.05, 3.63) is 28.2 Å². The van der Waals surface area contributed by atoms with E-state index in [-0.39, 0.29) is 12.2 Å². The maximum Gasteiger partial charge on any atom is 0.435 e. The molecule has 3 atom stereocenters.